The van der Waals surface area contributed by atoms with Gasteiger partial charge in [0.05, 0.1) is 16.3 Å². The van der Waals surface area contributed by atoms with Gasteiger partial charge in [-0.2, -0.15) is 5.10 Å². The topological polar surface area (TPSA) is 87.7 Å². The van der Waals surface area contributed by atoms with Crippen molar-refractivity contribution in [1.82, 2.24) is 5.43 Å². The number of carbonyl (C=O) groups is 1. The van der Waals surface area contributed by atoms with Crippen molar-refractivity contribution in [3.63, 3.8) is 0 Å². The third-order valence-electron chi connectivity index (χ3n) is 2.63. The molecular formula is C14H11Br2N3O2. The normalized spacial score (nSPS) is 10.8. The molecule has 2 aromatic rings. The fourth-order valence-electron chi connectivity index (χ4n) is 1.61. The van der Waals surface area contributed by atoms with E-state index >= 15 is 0 Å². The summed E-state index contributed by atoms with van der Waals surface area (Å²) in [6, 6.07) is 10.1. The first kappa shape index (κ1) is 15.5. The number of benzene rings is 2. The lowest BCUT2D eigenvalue weighted by atomic mass is 10.2. The van der Waals surface area contributed by atoms with E-state index in [9.17, 15) is 9.90 Å². The standard InChI is InChI=1S/C14H11Br2N3O2/c15-9-5-8(13(20)11(16)6-9)7-18-19-14(21)10-3-1-2-4-12(10)17/h1-7,20H,17H2,(H,19,21). The summed E-state index contributed by atoms with van der Waals surface area (Å²) in [5.74, 6) is -0.381. The first-order valence-electron chi connectivity index (χ1n) is 5.85. The van der Waals surface area contributed by atoms with Gasteiger partial charge in [-0.1, -0.05) is 28.1 Å². The molecule has 0 radical (unpaired) electrons. The molecule has 0 atom stereocenters. The van der Waals surface area contributed by atoms with Crippen molar-refractivity contribution in [3.05, 3.63) is 56.5 Å². The molecular weight excluding hydrogens is 402 g/mol. The Labute approximate surface area is 138 Å². The number of para-hydroxylation sites is 1. The number of nitrogen functional groups attached to an aromatic ring is 1. The van der Waals surface area contributed by atoms with Crippen molar-refractivity contribution in [2.75, 3.05) is 5.73 Å². The lowest BCUT2D eigenvalue weighted by Crippen LogP contribution is -2.19. The van der Waals surface area contributed by atoms with Crippen molar-refractivity contribution >= 4 is 49.7 Å². The molecule has 1 amide bonds. The van der Waals surface area contributed by atoms with Crippen molar-refractivity contribution < 1.29 is 9.90 Å². The average Bonchev–Trinajstić information content (AvgIpc) is 2.44. The van der Waals surface area contributed by atoms with Gasteiger partial charge in [-0.25, -0.2) is 5.43 Å². The highest BCUT2D eigenvalue weighted by Crippen LogP contribution is 2.30. The maximum absolute atomic E-state index is 11.9. The number of hydrogen-bond acceptors (Lipinski definition) is 4. The summed E-state index contributed by atoms with van der Waals surface area (Å²) in [4.78, 5) is 11.9. The highest BCUT2D eigenvalue weighted by molar-refractivity contribution is 9.11. The van der Waals surface area contributed by atoms with Crippen molar-refractivity contribution in [2.45, 2.75) is 0 Å². The summed E-state index contributed by atoms with van der Waals surface area (Å²) in [6.45, 7) is 0. The second-order valence-corrected chi connectivity index (χ2v) is 5.88. The van der Waals surface area contributed by atoms with Gasteiger partial charge in [0.2, 0.25) is 0 Å². The monoisotopic (exact) mass is 411 g/mol. The summed E-state index contributed by atoms with van der Waals surface area (Å²) in [6.07, 6.45) is 1.35. The fourth-order valence-corrected chi connectivity index (χ4v) is 2.87. The number of rotatable bonds is 3. The predicted molar refractivity (Wildman–Crippen MR) is 89.4 cm³/mol. The molecule has 0 saturated heterocycles. The number of amides is 1. The Morgan fingerprint density at radius 2 is 2.00 bits per heavy atom. The fraction of sp³-hybridized carbons (Fsp3) is 0. The van der Waals surface area contributed by atoms with E-state index in [-0.39, 0.29) is 5.75 Å². The zero-order valence-electron chi connectivity index (χ0n) is 10.7. The Kier molecular flexibility index (Phi) is 4.98. The molecule has 0 spiro atoms. The van der Waals surface area contributed by atoms with E-state index < -0.39 is 5.91 Å². The number of nitrogens with zero attached hydrogens (tertiary/aromatic N) is 1. The number of nitrogens with two attached hydrogens (primary N) is 1. The van der Waals surface area contributed by atoms with Gasteiger partial charge in [-0.15, -0.1) is 0 Å². The van der Waals surface area contributed by atoms with Gasteiger partial charge in [-0.3, -0.25) is 4.79 Å². The zero-order valence-corrected chi connectivity index (χ0v) is 13.8. The van der Waals surface area contributed by atoms with Gasteiger partial charge in [-0.05, 0) is 40.2 Å². The van der Waals surface area contributed by atoms with Crippen LogP contribution < -0.4 is 11.2 Å². The molecule has 0 aromatic heterocycles. The van der Waals surface area contributed by atoms with Crippen LogP contribution in [0.2, 0.25) is 0 Å². The SMILES string of the molecule is Nc1ccccc1C(=O)NN=Cc1cc(Br)cc(Br)c1O. The lowest BCUT2D eigenvalue weighted by Gasteiger charge is -2.04. The van der Waals surface area contributed by atoms with Crippen LogP contribution >= 0.6 is 31.9 Å². The van der Waals surface area contributed by atoms with Crippen LogP contribution in [-0.2, 0) is 0 Å². The van der Waals surface area contributed by atoms with E-state index in [0.29, 0.717) is 21.3 Å². The molecule has 0 bridgehead atoms. The molecule has 0 fully saturated rings. The maximum Gasteiger partial charge on any atom is 0.273 e. The third kappa shape index (κ3) is 3.83. The number of hydrazone groups is 1. The van der Waals surface area contributed by atoms with Crippen LogP contribution in [0.5, 0.6) is 5.75 Å². The number of phenols is 1. The van der Waals surface area contributed by atoms with E-state index in [4.69, 9.17) is 5.73 Å². The largest absolute Gasteiger partial charge is 0.506 e. The third-order valence-corrected chi connectivity index (χ3v) is 3.70. The van der Waals surface area contributed by atoms with E-state index in [1.54, 1.807) is 36.4 Å². The van der Waals surface area contributed by atoms with Gasteiger partial charge < -0.3 is 10.8 Å². The number of halogens is 2. The molecule has 0 aliphatic carbocycles. The first-order chi connectivity index (χ1) is 9.99. The second-order valence-electron chi connectivity index (χ2n) is 4.11. The Morgan fingerprint density at radius 1 is 1.29 bits per heavy atom. The van der Waals surface area contributed by atoms with Crippen LogP contribution in [0, 0.1) is 0 Å². The minimum Gasteiger partial charge on any atom is -0.506 e. The minimum absolute atomic E-state index is 0.0374. The van der Waals surface area contributed by atoms with Crippen molar-refractivity contribution in [1.29, 1.82) is 0 Å². The Hall–Kier alpha value is -1.86. The highest BCUT2D eigenvalue weighted by atomic mass is 79.9. The molecule has 108 valence electrons. The molecule has 7 heteroatoms. The van der Waals surface area contributed by atoms with E-state index in [0.717, 1.165) is 4.47 Å². The molecule has 2 aromatic carbocycles. The molecule has 0 saturated carbocycles. The molecule has 4 N–H and O–H groups in total. The smallest absolute Gasteiger partial charge is 0.273 e. The summed E-state index contributed by atoms with van der Waals surface area (Å²) in [7, 11) is 0. The van der Waals surface area contributed by atoms with E-state index in [2.05, 4.69) is 42.4 Å². The molecule has 0 aliphatic heterocycles. The van der Waals surface area contributed by atoms with Crippen LogP contribution in [0.4, 0.5) is 5.69 Å². The summed E-state index contributed by atoms with van der Waals surface area (Å²) < 4.78 is 1.30. The molecule has 2 rings (SSSR count). The zero-order chi connectivity index (χ0) is 15.4. The Bertz CT molecular complexity index is 717. The van der Waals surface area contributed by atoms with Crippen molar-refractivity contribution in [2.24, 2.45) is 5.10 Å². The number of hydrogen-bond donors (Lipinski definition) is 3. The van der Waals surface area contributed by atoms with Crippen molar-refractivity contribution in [3.8, 4) is 5.75 Å². The van der Waals surface area contributed by atoms with Gasteiger partial charge >= 0.3 is 0 Å². The predicted octanol–water partition coefficient (Wildman–Crippen LogP) is 3.26. The van der Waals surface area contributed by atoms with Gasteiger partial charge in [0.1, 0.15) is 5.75 Å². The van der Waals surface area contributed by atoms with Crippen LogP contribution in [-0.4, -0.2) is 17.2 Å². The molecule has 0 aliphatic rings. The maximum atomic E-state index is 11.9. The van der Waals surface area contributed by atoms with Crippen LogP contribution in [0.3, 0.4) is 0 Å². The highest BCUT2D eigenvalue weighted by Gasteiger charge is 2.08. The lowest BCUT2D eigenvalue weighted by molar-refractivity contribution is 0.0956. The van der Waals surface area contributed by atoms with Crippen LogP contribution in [0.15, 0.2) is 50.4 Å². The quantitative estimate of drug-likeness (QED) is 0.410. The number of nitrogens with one attached hydrogen (secondary N) is 1. The molecule has 5 nitrogen and oxygen atoms in total. The number of phenolic OH excluding ortho intramolecular Hbond substituents is 1. The van der Waals surface area contributed by atoms with Gasteiger partial charge in [0.25, 0.3) is 5.91 Å². The first-order valence-corrected chi connectivity index (χ1v) is 7.43. The average molecular weight is 413 g/mol. The summed E-state index contributed by atoms with van der Waals surface area (Å²) >= 11 is 6.53. The summed E-state index contributed by atoms with van der Waals surface area (Å²) in [5, 5.41) is 13.7. The van der Waals surface area contributed by atoms with E-state index in [1.807, 2.05) is 0 Å². The Morgan fingerprint density at radius 3 is 2.71 bits per heavy atom. The van der Waals surface area contributed by atoms with Crippen LogP contribution in [0.1, 0.15) is 15.9 Å². The Balaban J connectivity index is 2.13. The van der Waals surface area contributed by atoms with Gasteiger partial charge in [0.15, 0.2) is 0 Å². The molecule has 0 unspecified atom stereocenters. The molecule has 0 heterocycles. The molecule has 21 heavy (non-hydrogen) atoms. The van der Waals surface area contributed by atoms with Gasteiger partial charge in [0, 0.05) is 15.7 Å². The second kappa shape index (κ2) is 6.73. The van der Waals surface area contributed by atoms with Crippen LogP contribution in [0.25, 0.3) is 0 Å². The summed E-state index contributed by atoms with van der Waals surface area (Å²) in [5.41, 5.74) is 9.24. The minimum atomic E-state index is -0.419. The number of anilines is 1. The van der Waals surface area contributed by atoms with E-state index in [1.165, 1.54) is 6.21 Å². The number of aromatic hydroxyl groups is 1. The number of carbonyl (C=O) groups excluding carboxylic acids is 1.